The molecule has 0 fully saturated rings. The summed E-state index contributed by atoms with van der Waals surface area (Å²) in [6, 6.07) is 6.66. The number of nitrogens with one attached hydrogen (secondary N) is 1. The van der Waals surface area contributed by atoms with E-state index in [2.05, 4.69) is 18.1 Å². The number of phenolic OH excluding ortho intramolecular Hbond substituents is 1. The molecule has 0 aliphatic rings. The van der Waals surface area contributed by atoms with Crippen molar-refractivity contribution in [3.05, 3.63) is 84.2 Å². The third-order valence-electron chi connectivity index (χ3n) is 3.86. The molecular weight excluding hydrogens is 316 g/mol. The van der Waals surface area contributed by atoms with E-state index >= 15 is 0 Å². The van der Waals surface area contributed by atoms with Crippen LogP contribution in [0.4, 0.5) is 0 Å². The first-order chi connectivity index (χ1) is 12.0. The Kier molecular flexibility index (Phi) is 4.31. The summed E-state index contributed by atoms with van der Waals surface area (Å²) < 4.78 is 7.40. The minimum atomic E-state index is -0.121. The van der Waals surface area contributed by atoms with Crippen LogP contribution in [0.2, 0.25) is 0 Å². The summed E-state index contributed by atoms with van der Waals surface area (Å²) in [5.41, 5.74) is 1.81. The van der Waals surface area contributed by atoms with Gasteiger partial charge in [0.05, 0.1) is 0 Å². The van der Waals surface area contributed by atoms with Crippen molar-refractivity contribution in [1.29, 1.82) is 0 Å². The zero-order valence-electron chi connectivity index (χ0n) is 13.8. The summed E-state index contributed by atoms with van der Waals surface area (Å²) in [6.45, 7) is 7.38. The summed E-state index contributed by atoms with van der Waals surface area (Å²) in [4.78, 5) is 15.2. The maximum absolute atomic E-state index is 12.3. The summed E-state index contributed by atoms with van der Waals surface area (Å²) >= 11 is 0. The number of aromatic nitrogens is 2. The zero-order valence-corrected chi connectivity index (χ0v) is 13.8. The number of rotatable bonds is 5. The van der Waals surface area contributed by atoms with Gasteiger partial charge in [-0.1, -0.05) is 19.2 Å². The highest BCUT2D eigenvalue weighted by molar-refractivity contribution is 5.96. The SMILES string of the molecule is C=C/C=C(\C=C)Oc1ccc(O)cc1-c1cn(C)c(=O)c2[nH]ccc12. The molecule has 0 saturated carbocycles. The van der Waals surface area contributed by atoms with E-state index in [4.69, 9.17) is 4.74 Å². The largest absolute Gasteiger partial charge is 0.508 e. The Morgan fingerprint density at radius 3 is 2.80 bits per heavy atom. The summed E-state index contributed by atoms with van der Waals surface area (Å²) in [6.07, 6.45) is 8.31. The number of aromatic amines is 1. The molecule has 0 amide bonds. The van der Waals surface area contributed by atoms with Gasteiger partial charge in [-0.25, -0.2) is 0 Å². The van der Waals surface area contributed by atoms with Crippen LogP contribution >= 0.6 is 0 Å². The van der Waals surface area contributed by atoms with Crippen molar-refractivity contribution >= 4 is 10.9 Å². The number of allylic oxidation sites excluding steroid dienone is 3. The smallest absolute Gasteiger partial charge is 0.274 e. The fourth-order valence-electron chi connectivity index (χ4n) is 2.69. The first-order valence-corrected chi connectivity index (χ1v) is 7.68. The second kappa shape index (κ2) is 6.57. The van der Waals surface area contributed by atoms with Gasteiger partial charge in [0.2, 0.25) is 0 Å². The van der Waals surface area contributed by atoms with Gasteiger partial charge in [-0.15, -0.1) is 0 Å². The van der Waals surface area contributed by atoms with Gasteiger partial charge in [0.1, 0.15) is 22.8 Å². The number of benzene rings is 1. The van der Waals surface area contributed by atoms with Gasteiger partial charge in [-0.2, -0.15) is 0 Å². The average molecular weight is 334 g/mol. The maximum Gasteiger partial charge on any atom is 0.274 e. The molecule has 3 rings (SSSR count). The van der Waals surface area contributed by atoms with Crippen LogP contribution in [0.3, 0.4) is 0 Å². The summed E-state index contributed by atoms with van der Waals surface area (Å²) in [5.74, 6) is 1.16. The van der Waals surface area contributed by atoms with Gasteiger partial charge < -0.3 is 19.4 Å². The van der Waals surface area contributed by atoms with Crippen molar-refractivity contribution in [2.45, 2.75) is 0 Å². The third-order valence-corrected chi connectivity index (χ3v) is 3.86. The van der Waals surface area contributed by atoms with Gasteiger partial charge in [0, 0.05) is 36.0 Å². The van der Waals surface area contributed by atoms with Crippen LogP contribution in [-0.2, 0) is 7.05 Å². The minimum absolute atomic E-state index is 0.104. The molecule has 1 aromatic carbocycles. The maximum atomic E-state index is 12.3. The number of pyridine rings is 1. The van der Waals surface area contributed by atoms with Crippen molar-refractivity contribution in [3.8, 4) is 22.6 Å². The fraction of sp³-hybridized carbons (Fsp3) is 0.0500. The normalized spacial score (nSPS) is 11.5. The van der Waals surface area contributed by atoms with E-state index in [0.29, 0.717) is 22.6 Å². The highest BCUT2D eigenvalue weighted by Gasteiger charge is 2.15. The molecule has 0 atom stereocenters. The molecule has 5 heteroatoms. The van der Waals surface area contributed by atoms with Crippen molar-refractivity contribution in [2.75, 3.05) is 0 Å². The Hall–Kier alpha value is -3.47. The molecule has 3 aromatic rings. The Labute approximate surface area is 144 Å². The van der Waals surface area contributed by atoms with E-state index in [9.17, 15) is 9.90 Å². The van der Waals surface area contributed by atoms with Crippen molar-refractivity contribution < 1.29 is 9.84 Å². The predicted molar refractivity (Wildman–Crippen MR) is 99.7 cm³/mol. The van der Waals surface area contributed by atoms with E-state index in [1.807, 2.05) is 6.07 Å². The number of ether oxygens (including phenoxy) is 1. The number of phenols is 1. The first kappa shape index (κ1) is 16.4. The molecule has 2 aromatic heterocycles. The third kappa shape index (κ3) is 2.99. The summed E-state index contributed by atoms with van der Waals surface area (Å²) in [5, 5.41) is 10.7. The lowest BCUT2D eigenvalue weighted by molar-refractivity contribution is 0.441. The van der Waals surface area contributed by atoms with E-state index in [1.165, 1.54) is 4.57 Å². The van der Waals surface area contributed by atoms with Gasteiger partial charge in [-0.05, 0) is 36.4 Å². The number of nitrogens with zero attached hydrogens (tertiary/aromatic N) is 1. The highest BCUT2D eigenvalue weighted by atomic mass is 16.5. The minimum Gasteiger partial charge on any atom is -0.508 e. The molecular formula is C20H18N2O3. The lowest BCUT2D eigenvalue weighted by atomic mass is 10.0. The van der Waals surface area contributed by atoms with E-state index in [0.717, 1.165) is 10.9 Å². The standard InChI is InChI=1S/C20H18N2O3/c1-4-6-14(5-2)25-18-8-7-13(23)11-16(18)17-12-22(3)20(24)19-15(17)9-10-21-19/h4-12,21,23H,1-2H2,3H3/b14-6+. The monoisotopic (exact) mass is 334 g/mol. The number of hydrogen-bond donors (Lipinski definition) is 2. The second-order valence-corrected chi connectivity index (χ2v) is 5.52. The number of H-pyrrole nitrogens is 1. The van der Waals surface area contributed by atoms with Crippen LogP contribution < -0.4 is 10.3 Å². The number of aromatic hydroxyl groups is 1. The second-order valence-electron chi connectivity index (χ2n) is 5.52. The molecule has 0 saturated heterocycles. The molecule has 0 radical (unpaired) electrons. The van der Waals surface area contributed by atoms with Crippen LogP contribution in [0.5, 0.6) is 11.5 Å². The average Bonchev–Trinajstić information content (AvgIpc) is 3.09. The molecule has 126 valence electrons. The van der Waals surface area contributed by atoms with Gasteiger partial charge in [0.15, 0.2) is 0 Å². The number of hydrogen-bond acceptors (Lipinski definition) is 3. The predicted octanol–water partition coefficient (Wildman–Crippen LogP) is 3.87. The van der Waals surface area contributed by atoms with Crippen molar-refractivity contribution in [2.24, 2.45) is 7.05 Å². The van der Waals surface area contributed by atoms with Gasteiger partial charge >= 0.3 is 0 Å². The first-order valence-electron chi connectivity index (χ1n) is 7.68. The van der Waals surface area contributed by atoms with Crippen LogP contribution in [0, 0.1) is 0 Å². The molecule has 5 nitrogen and oxygen atoms in total. The zero-order chi connectivity index (χ0) is 18.0. The molecule has 2 heterocycles. The molecule has 25 heavy (non-hydrogen) atoms. The van der Waals surface area contributed by atoms with E-state index in [1.54, 1.807) is 55.9 Å². The lowest BCUT2D eigenvalue weighted by Crippen LogP contribution is -2.16. The molecule has 0 aliphatic carbocycles. The Morgan fingerprint density at radius 2 is 2.08 bits per heavy atom. The topological polar surface area (TPSA) is 67.2 Å². The van der Waals surface area contributed by atoms with Crippen LogP contribution in [0.1, 0.15) is 0 Å². The van der Waals surface area contributed by atoms with Crippen LogP contribution in [0.15, 0.2) is 78.6 Å². The molecule has 0 unspecified atom stereocenters. The van der Waals surface area contributed by atoms with E-state index in [-0.39, 0.29) is 11.3 Å². The fourth-order valence-corrected chi connectivity index (χ4v) is 2.69. The van der Waals surface area contributed by atoms with Gasteiger partial charge in [-0.3, -0.25) is 4.79 Å². The van der Waals surface area contributed by atoms with Gasteiger partial charge in [0.25, 0.3) is 5.56 Å². The molecule has 0 spiro atoms. The molecule has 2 N–H and O–H groups in total. The Balaban J connectivity index is 2.26. The summed E-state index contributed by atoms with van der Waals surface area (Å²) in [7, 11) is 1.68. The van der Waals surface area contributed by atoms with Crippen LogP contribution in [0.25, 0.3) is 22.0 Å². The Morgan fingerprint density at radius 1 is 1.28 bits per heavy atom. The van der Waals surface area contributed by atoms with Crippen LogP contribution in [-0.4, -0.2) is 14.7 Å². The molecule has 0 aliphatic heterocycles. The lowest BCUT2D eigenvalue weighted by Gasteiger charge is -2.14. The quantitative estimate of drug-likeness (QED) is 0.550. The Bertz CT molecular complexity index is 1050. The number of fused-ring (bicyclic) bond motifs is 1. The van der Waals surface area contributed by atoms with Crippen molar-refractivity contribution in [1.82, 2.24) is 9.55 Å². The number of aryl methyl sites for hydroxylation is 1. The van der Waals surface area contributed by atoms with Crippen molar-refractivity contribution in [3.63, 3.8) is 0 Å². The highest BCUT2D eigenvalue weighted by Crippen LogP contribution is 2.37. The van der Waals surface area contributed by atoms with E-state index < -0.39 is 0 Å². The molecule has 0 bridgehead atoms.